The molecule has 0 radical (unpaired) electrons. The number of pyridine rings is 1. The minimum absolute atomic E-state index is 0.195. The summed E-state index contributed by atoms with van der Waals surface area (Å²) in [5.41, 5.74) is 2.70. The molecule has 0 unspecified atom stereocenters. The molecule has 9 nitrogen and oxygen atoms in total. The van der Waals surface area contributed by atoms with Crippen molar-refractivity contribution in [2.45, 2.75) is 19.9 Å². The molecule has 0 spiro atoms. The van der Waals surface area contributed by atoms with Crippen LogP contribution in [0.2, 0.25) is 0 Å². The number of benzene rings is 1. The van der Waals surface area contributed by atoms with Gasteiger partial charge in [-0.25, -0.2) is 0 Å². The van der Waals surface area contributed by atoms with Crippen LogP contribution in [-0.4, -0.2) is 40.8 Å². The average Bonchev–Trinajstić information content (AvgIpc) is 3.34. The van der Waals surface area contributed by atoms with Gasteiger partial charge in [0.2, 0.25) is 11.9 Å². The first-order chi connectivity index (χ1) is 14.1. The number of aromatic nitrogens is 7. The molecule has 29 heavy (non-hydrogen) atoms. The van der Waals surface area contributed by atoms with Crippen LogP contribution in [0.3, 0.4) is 0 Å². The number of carbonyl (C=O) groups is 1. The molecule has 3 aromatic heterocycles. The lowest BCUT2D eigenvalue weighted by atomic mass is 10.1. The molecule has 0 saturated carbocycles. The number of carbonyl (C=O) groups excluding carboxylic acids is 1. The number of aromatic amines is 2. The second kappa shape index (κ2) is 8.15. The van der Waals surface area contributed by atoms with E-state index in [0.29, 0.717) is 28.7 Å². The Balaban J connectivity index is 1.43. The molecule has 0 aliphatic rings. The van der Waals surface area contributed by atoms with Crippen LogP contribution in [0.25, 0.3) is 22.9 Å². The van der Waals surface area contributed by atoms with Gasteiger partial charge in [0.15, 0.2) is 16.4 Å². The largest absolute Gasteiger partial charge is 0.300 e. The van der Waals surface area contributed by atoms with Gasteiger partial charge in [0, 0.05) is 24.7 Å². The fourth-order valence-corrected chi connectivity index (χ4v) is 3.09. The van der Waals surface area contributed by atoms with Crippen molar-refractivity contribution in [1.29, 1.82) is 0 Å². The first kappa shape index (κ1) is 18.7. The van der Waals surface area contributed by atoms with Gasteiger partial charge in [-0.2, -0.15) is 10.1 Å². The van der Waals surface area contributed by atoms with Crippen molar-refractivity contribution in [3.8, 4) is 22.9 Å². The zero-order valence-corrected chi connectivity index (χ0v) is 16.4. The van der Waals surface area contributed by atoms with Crippen LogP contribution in [0.15, 0.2) is 48.7 Å². The van der Waals surface area contributed by atoms with Crippen LogP contribution in [0.5, 0.6) is 0 Å². The zero-order valence-electron chi connectivity index (χ0n) is 15.6. The maximum absolute atomic E-state index is 12.4. The Bertz CT molecular complexity index is 1190. The Morgan fingerprint density at radius 3 is 2.86 bits per heavy atom. The van der Waals surface area contributed by atoms with Crippen molar-refractivity contribution in [3.63, 3.8) is 0 Å². The molecule has 146 valence electrons. The van der Waals surface area contributed by atoms with Crippen LogP contribution in [0.1, 0.15) is 12.0 Å². The first-order valence-corrected chi connectivity index (χ1v) is 9.37. The molecule has 0 aliphatic carbocycles. The lowest BCUT2D eigenvalue weighted by Gasteiger charge is -2.07. The molecule has 0 aliphatic heterocycles. The zero-order chi connectivity index (χ0) is 20.2. The Kier molecular flexibility index (Phi) is 5.25. The van der Waals surface area contributed by atoms with Crippen LogP contribution in [0.4, 0.5) is 5.95 Å². The predicted molar refractivity (Wildman–Crippen MR) is 110 cm³/mol. The number of nitrogens with zero attached hydrogens (tertiary/aromatic N) is 5. The van der Waals surface area contributed by atoms with E-state index >= 15 is 0 Å². The quantitative estimate of drug-likeness (QED) is 0.424. The van der Waals surface area contributed by atoms with Gasteiger partial charge >= 0.3 is 0 Å². The molecule has 4 rings (SSSR count). The Hall–Kier alpha value is -3.66. The molecule has 4 aromatic rings. The summed E-state index contributed by atoms with van der Waals surface area (Å²) >= 11 is 5.32. The van der Waals surface area contributed by atoms with E-state index < -0.39 is 0 Å². The monoisotopic (exact) mass is 406 g/mol. The van der Waals surface area contributed by atoms with Crippen molar-refractivity contribution in [3.05, 3.63) is 59.0 Å². The Morgan fingerprint density at radius 1 is 1.17 bits per heavy atom. The fourth-order valence-electron chi connectivity index (χ4n) is 2.87. The SMILES string of the molecule is Cc1cccc(-c2n[nH]c(=S)n2CCC(=O)Nc2n[nH]c(-c3ccccn3)n2)c1. The number of aryl methyl sites for hydroxylation is 1. The maximum Gasteiger partial charge on any atom is 0.249 e. The lowest BCUT2D eigenvalue weighted by Crippen LogP contribution is -2.16. The molecular weight excluding hydrogens is 388 g/mol. The van der Waals surface area contributed by atoms with Crippen LogP contribution in [0, 0.1) is 11.7 Å². The summed E-state index contributed by atoms with van der Waals surface area (Å²) in [4.78, 5) is 20.8. The Morgan fingerprint density at radius 2 is 2.07 bits per heavy atom. The molecule has 0 saturated heterocycles. The van der Waals surface area contributed by atoms with Gasteiger partial charge in [-0.1, -0.05) is 29.8 Å². The highest BCUT2D eigenvalue weighted by Crippen LogP contribution is 2.19. The van der Waals surface area contributed by atoms with Crippen molar-refractivity contribution in [2.75, 3.05) is 5.32 Å². The van der Waals surface area contributed by atoms with Gasteiger partial charge in [-0.15, -0.1) is 5.10 Å². The van der Waals surface area contributed by atoms with E-state index in [1.54, 1.807) is 16.8 Å². The standard InChI is InChI=1S/C19H18N8OS/c1-12-5-4-6-13(11-12)17-24-26-19(29)27(17)10-8-15(28)21-18-22-16(23-25-18)14-7-2-3-9-20-14/h2-7,9,11H,8,10H2,1H3,(H,26,29)(H2,21,22,23,25,28). The predicted octanol–water partition coefficient (Wildman–Crippen LogP) is 3.13. The molecule has 0 bridgehead atoms. The Labute approximate surface area is 171 Å². The van der Waals surface area contributed by atoms with Crippen molar-refractivity contribution >= 4 is 24.1 Å². The topological polar surface area (TPSA) is 117 Å². The normalized spacial score (nSPS) is 10.8. The number of H-pyrrole nitrogens is 2. The second-order valence-electron chi connectivity index (χ2n) is 6.39. The number of hydrogen-bond donors (Lipinski definition) is 3. The van der Waals surface area contributed by atoms with Crippen LogP contribution >= 0.6 is 12.2 Å². The average molecular weight is 406 g/mol. The molecule has 3 heterocycles. The minimum Gasteiger partial charge on any atom is -0.300 e. The van der Waals surface area contributed by atoms with E-state index in [1.165, 1.54) is 0 Å². The van der Waals surface area contributed by atoms with E-state index in [-0.39, 0.29) is 18.3 Å². The summed E-state index contributed by atoms with van der Waals surface area (Å²) in [5.74, 6) is 1.15. The fraction of sp³-hybridized carbons (Fsp3) is 0.158. The number of hydrogen-bond acceptors (Lipinski definition) is 6. The third-order valence-corrected chi connectivity index (χ3v) is 4.55. The summed E-state index contributed by atoms with van der Waals surface area (Å²) in [5, 5.41) is 16.6. The van der Waals surface area contributed by atoms with E-state index in [9.17, 15) is 4.79 Å². The molecule has 3 N–H and O–H groups in total. The van der Waals surface area contributed by atoms with Gasteiger partial charge in [0.05, 0.1) is 0 Å². The van der Waals surface area contributed by atoms with Crippen molar-refractivity contribution in [2.24, 2.45) is 0 Å². The molecule has 0 atom stereocenters. The lowest BCUT2D eigenvalue weighted by molar-refractivity contribution is -0.116. The number of nitrogens with one attached hydrogen (secondary N) is 3. The molecule has 1 aromatic carbocycles. The van der Waals surface area contributed by atoms with Gasteiger partial charge in [0.1, 0.15) is 5.69 Å². The van der Waals surface area contributed by atoms with Crippen LogP contribution in [-0.2, 0) is 11.3 Å². The van der Waals surface area contributed by atoms with Crippen LogP contribution < -0.4 is 5.32 Å². The minimum atomic E-state index is -0.227. The van der Waals surface area contributed by atoms with Gasteiger partial charge < -0.3 is 0 Å². The molecule has 0 fully saturated rings. The van der Waals surface area contributed by atoms with Crippen molar-refractivity contribution in [1.82, 2.24) is 34.9 Å². The molecular formula is C19H18N8OS. The third kappa shape index (κ3) is 4.27. The van der Waals surface area contributed by atoms with E-state index in [2.05, 4.69) is 35.7 Å². The number of amides is 1. The summed E-state index contributed by atoms with van der Waals surface area (Å²) in [6, 6.07) is 13.4. The molecule has 1 amide bonds. The number of anilines is 1. The van der Waals surface area contributed by atoms with Gasteiger partial charge in [-0.3, -0.25) is 29.9 Å². The molecule has 10 heteroatoms. The maximum atomic E-state index is 12.4. The van der Waals surface area contributed by atoms with E-state index in [4.69, 9.17) is 12.2 Å². The summed E-state index contributed by atoms with van der Waals surface area (Å²) < 4.78 is 2.27. The highest BCUT2D eigenvalue weighted by molar-refractivity contribution is 7.71. The highest BCUT2D eigenvalue weighted by Gasteiger charge is 2.13. The van der Waals surface area contributed by atoms with E-state index in [1.807, 2.05) is 43.3 Å². The second-order valence-corrected chi connectivity index (χ2v) is 6.78. The van der Waals surface area contributed by atoms with Gasteiger partial charge in [-0.05, 0) is 37.3 Å². The van der Waals surface area contributed by atoms with Crippen molar-refractivity contribution < 1.29 is 4.79 Å². The van der Waals surface area contributed by atoms with Gasteiger partial charge in [0.25, 0.3) is 0 Å². The smallest absolute Gasteiger partial charge is 0.249 e. The summed E-state index contributed by atoms with van der Waals surface area (Å²) in [7, 11) is 0. The van der Waals surface area contributed by atoms with E-state index in [0.717, 1.165) is 11.1 Å². The third-order valence-electron chi connectivity index (χ3n) is 4.24. The summed E-state index contributed by atoms with van der Waals surface area (Å²) in [6.07, 6.45) is 1.86. The first-order valence-electron chi connectivity index (χ1n) is 8.96. The highest BCUT2D eigenvalue weighted by atomic mass is 32.1. The summed E-state index contributed by atoms with van der Waals surface area (Å²) in [6.45, 7) is 2.39. The number of rotatable bonds is 6.